The Labute approximate surface area is 98.8 Å². The van der Waals surface area contributed by atoms with Crippen LogP contribution in [-0.2, 0) is 4.74 Å². The average Bonchev–Trinajstić information content (AvgIpc) is 2.83. The van der Waals surface area contributed by atoms with Crippen molar-refractivity contribution in [2.45, 2.75) is 50.7 Å². The molecule has 1 aliphatic carbocycles. The van der Waals surface area contributed by atoms with Gasteiger partial charge in [-0.15, -0.1) is 0 Å². The first kappa shape index (κ1) is 12.3. The molecule has 1 heterocycles. The first-order valence-electron chi connectivity index (χ1n) is 6.73. The van der Waals surface area contributed by atoms with E-state index in [1.807, 2.05) is 0 Å². The van der Waals surface area contributed by atoms with Crippen molar-refractivity contribution in [2.24, 2.45) is 5.92 Å². The lowest BCUT2D eigenvalue weighted by atomic mass is 9.85. The molecular weight excluding hydrogens is 202 g/mol. The van der Waals surface area contributed by atoms with Gasteiger partial charge in [-0.2, -0.15) is 0 Å². The molecule has 2 unspecified atom stereocenters. The monoisotopic (exact) mass is 227 g/mol. The van der Waals surface area contributed by atoms with Gasteiger partial charge in [-0.3, -0.25) is 4.90 Å². The molecule has 0 aromatic carbocycles. The van der Waals surface area contributed by atoms with Crippen LogP contribution >= 0.6 is 0 Å². The standard InChI is InChI=1S/C13H25NO2/c1-14(12-7-8-16-10-12)9-13(15)11-5-3-2-4-6-11/h11-13,15H,2-10H2,1H3. The fraction of sp³-hybridized carbons (Fsp3) is 1.00. The summed E-state index contributed by atoms with van der Waals surface area (Å²) in [5.41, 5.74) is 0. The minimum Gasteiger partial charge on any atom is -0.392 e. The summed E-state index contributed by atoms with van der Waals surface area (Å²) in [6, 6.07) is 0.526. The van der Waals surface area contributed by atoms with Crippen LogP contribution < -0.4 is 0 Å². The van der Waals surface area contributed by atoms with Gasteiger partial charge < -0.3 is 9.84 Å². The molecule has 0 radical (unpaired) electrons. The molecule has 3 nitrogen and oxygen atoms in total. The lowest BCUT2D eigenvalue weighted by molar-refractivity contribution is 0.0408. The molecule has 2 rings (SSSR count). The first-order chi connectivity index (χ1) is 7.77. The topological polar surface area (TPSA) is 32.7 Å². The Morgan fingerprint density at radius 2 is 2.00 bits per heavy atom. The second-order valence-corrected chi connectivity index (χ2v) is 5.42. The predicted octanol–water partition coefficient (Wildman–Crippen LogP) is 1.65. The van der Waals surface area contributed by atoms with Crippen molar-refractivity contribution in [1.29, 1.82) is 0 Å². The highest BCUT2D eigenvalue weighted by atomic mass is 16.5. The molecule has 16 heavy (non-hydrogen) atoms. The lowest BCUT2D eigenvalue weighted by Gasteiger charge is -2.31. The van der Waals surface area contributed by atoms with Gasteiger partial charge in [0.25, 0.3) is 0 Å². The highest BCUT2D eigenvalue weighted by Crippen LogP contribution is 2.27. The van der Waals surface area contributed by atoms with Crippen LogP contribution in [0.5, 0.6) is 0 Å². The smallest absolute Gasteiger partial charge is 0.0695 e. The third-order valence-electron chi connectivity index (χ3n) is 4.20. The van der Waals surface area contributed by atoms with Crippen molar-refractivity contribution in [3.63, 3.8) is 0 Å². The van der Waals surface area contributed by atoms with E-state index in [1.165, 1.54) is 32.1 Å². The van der Waals surface area contributed by atoms with Crippen LogP contribution in [0.25, 0.3) is 0 Å². The predicted molar refractivity (Wildman–Crippen MR) is 64.4 cm³/mol. The maximum Gasteiger partial charge on any atom is 0.0695 e. The van der Waals surface area contributed by atoms with Crippen molar-refractivity contribution in [3.8, 4) is 0 Å². The molecule has 2 fully saturated rings. The molecule has 0 amide bonds. The molecule has 94 valence electrons. The number of hydrogen-bond donors (Lipinski definition) is 1. The van der Waals surface area contributed by atoms with Crippen LogP contribution in [0.4, 0.5) is 0 Å². The molecule has 0 bridgehead atoms. The molecular formula is C13H25NO2. The van der Waals surface area contributed by atoms with E-state index < -0.39 is 0 Å². The van der Waals surface area contributed by atoms with E-state index in [2.05, 4.69) is 11.9 Å². The summed E-state index contributed by atoms with van der Waals surface area (Å²) in [5, 5.41) is 10.2. The van der Waals surface area contributed by atoms with Gasteiger partial charge in [0.1, 0.15) is 0 Å². The molecule has 1 aliphatic heterocycles. The number of likely N-dealkylation sites (N-methyl/N-ethyl adjacent to an activating group) is 1. The van der Waals surface area contributed by atoms with Crippen molar-refractivity contribution < 1.29 is 9.84 Å². The van der Waals surface area contributed by atoms with Crippen LogP contribution in [0.2, 0.25) is 0 Å². The third kappa shape index (κ3) is 3.19. The molecule has 2 aliphatic rings. The SMILES string of the molecule is CN(CC(O)C1CCCCC1)C1CCOC1. The fourth-order valence-corrected chi connectivity index (χ4v) is 2.98. The van der Waals surface area contributed by atoms with Crippen LogP contribution in [0.3, 0.4) is 0 Å². The first-order valence-corrected chi connectivity index (χ1v) is 6.73. The quantitative estimate of drug-likeness (QED) is 0.792. The maximum atomic E-state index is 10.2. The second kappa shape index (κ2) is 5.99. The summed E-state index contributed by atoms with van der Waals surface area (Å²) in [6.07, 6.45) is 7.39. The normalized spacial score (nSPS) is 29.8. The van der Waals surface area contributed by atoms with E-state index in [9.17, 15) is 5.11 Å². The Bertz CT molecular complexity index is 198. The van der Waals surface area contributed by atoms with Crippen molar-refractivity contribution >= 4 is 0 Å². The van der Waals surface area contributed by atoms with Crippen LogP contribution in [-0.4, -0.2) is 49.0 Å². The molecule has 1 saturated carbocycles. The average molecular weight is 227 g/mol. The van der Waals surface area contributed by atoms with E-state index in [1.54, 1.807) is 0 Å². The highest BCUT2D eigenvalue weighted by Gasteiger charge is 2.26. The van der Waals surface area contributed by atoms with Gasteiger partial charge in [0.05, 0.1) is 12.7 Å². The zero-order valence-electron chi connectivity index (χ0n) is 10.4. The van der Waals surface area contributed by atoms with Gasteiger partial charge >= 0.3 is 0 Å². The van der Waals surface area contributed by atoms with E-state index in [0.29, 0.717) is 12.0 Å². The largest absolute Gasteiger partial charge is 0.392 e. The van der Waals surface area contributed by atoms with Gasteiger partial charge in [-0.25, -0.2) is 0 Å². The van der Waals surface area contributed by atoms with Crippen molar-refractivity contribution in [3.05, 3.63) is 0 Å². The Morgan fingerprint density at radius 1 is 1.25 bits per heavy atom. The summed E-state index contributed by atoms with van der Waals surface area (Å²) in [4.78, 5) is 2.28. The minimum atomic E-state index is -0.133. The van der Waals surface area contributed by atoms with E-state index >= 15 is 0 Å². The summed E-state index contributed by atoms with van der Waals surface area (Å²) < 4.78 is 5.38. The van der Waals surface area contributed by atoms with Crippen molar-refractivity contribution in [1.82, 2.24) is 4.90 Å². The van der Waals surface area contributed by atoms with E-state index in [0.717, 1.165) is 26.2 Å². The molecule has 0 spiro atoms. The van der Waals surface area contributed by atoms with Gasteiger partial charge in [0.2, 0.25) is 0 Å². The number of ether oxygens (including phenoxy) is 1. The summed E-state index contributed by atoms with van der Waals surface area (Å²) in [6.45, 7) is 2.54. The van der Waals surface area contributed by atoms with Crippen molar-refractivity contribution in [2.75, 3.05) is 26.8 Å². The molecule has 1 N–H and O–H groups in total. The molecule has 0 aromatic heterocycles. The Morgan fingerprint density at radius 3 is 2.62 bits per heavy atom. The van der Waals surface area contributed by atoms with Gasteiger partial charge in [-0.05, 0) is 32.2 Å². The molecule has 2 atom stereocenters. The lowest BCUT2D eigenvalue weighted by Crippen LogP contribution is -2.41. The molecule has 3 heteroatoms. The number of nitrogens with zero attached hydrogens (tertiary/aromatic N) is 1. The zero-order chi connectivity index (χ0) is 11.4. The summed E-state index contributed by atoms with van der Waals surface area (Å²) >= 11 is 0. The second-order valence-electron chi connectivity index (χ2n) is 5.42. The zero-order valence-corrected chi connectivity index (χ0v) is 10.4. The summed E-state index contributed by atoms with van der Waals surface area (Å²) in [5.74, 6) is 0.540. The van der Waals surface area contributed by atoms with Crippen LogP contribution in [0, 0.1) is 5.92 Å². The summed E-state index contributed by atoms with van der Waals surface area (Å²) in [7, 11) is 2.12. The number of rotatable bonds is 4. The number of aliphatic hydroxyl groups is 1. The van der Waals surface area contributed by atoms with Gasteiger partial charge in [0, 0.05) is 19.2 Å². The van der Waals surface area contributed by atoms with Crippen LogP contribution in [0.1, 0.15) is 38.5 Å². The Kier molecular flexibility index (Phi) is 4.62. The molecule has 1 saturated heterocycles. The fourth-order valence-electron chi connectivity index (χ4n) is 2.98. The molecule has 0 aromatic rings. The minimum absolute atomic E-state index is 0.133. The van der Waals surface area contributed by atoms with E-state index in [-0.39, 0.29) is 6.10 Å². The Balaban J connectivity index is 1.74. The third-order valence-corrected chi connectivity index (χ3v) is 4.20. The van der Waals surface area contributed by atoms with Gasteiger partial charge in [-0.1, -0.05) is 19.3 Å². The highest BCUT2D eigenvalue weighted by molar-refractivity contribution is 4.79. The Hall–Kier alpha value is -0.120. The van der Waals surface area contributed by atoms with Crippen LogP contribution in [0.15, 0.2) is 0 Å². The maximum absolute atomic E-state index is 10.2. The number of hydrogen-bond acceptors (Lipinski definition) is 3. The van der Waals surface area contributed by atoms with Gasteiger partial charge in [0.15, 0.2) is 0 Å². The van der Waals surface area contributed by atoms with E-state index in [4.69, 9.17) is 4.74 Å². The number of aliphatic hydroxyl groups excluding tert-OH is 1.